The Hall–Kier alpha value is -3.00. The topological polar surface area (TPSA) is 83.7 Å². The van der Waals surface area contributed by atoms with Crippen LogP contribution in [0.25, 0.3) is 10.2 Å². The van der Waals surface area contributed by atoms with E-state index < -0.39 is 0 Å². The Morgan fingerprint density at radius 2 is 2.04 bits per heavy atom. The predicted octanol–water partition coefficient (Wildman–Crippen LogP) is 4.25. The minimum Gasteiger partial charge on any atom is -0.371 e. The maximum Gasteiger partial charge on any atom is 0.270 e. The van der Waals surface area contributed by atoms with Crippen LogP contribution < -0.4 is 10.3 Å². The molecule has 1 aromatic heterocycles. The molecule has 7 nitrogen and oxygen atoms in total. The SMILES string of the molecule is O=[N+]([O-])c1ccc(N2CCCC2)c(/C=N/Nc2nc3ccccc3s2)c1. The van der Waals surface area contributed by atoms with Crippen LogP contribution in [0.15, 0.2) is 47.6 Å². The molecular weight excluding hydrogens is 350 g/mol. The zero-order valence-electron chi connectivity index (χ0n) is 14.0. The van der Waals surface area contributed by atoms with Gasteiger partial charge in [0.1, 0.15) is 0 Å². The van der Waals surface area contributed by atoms with E-state index in [4.69, 9.17) is 0 Å². The van der Waals surface area contributed by atoms with Gasteiger partial charge in [-0.2, -0.15) is 5.10 Å². The van der Waals surface area contributed by atoms with E-state index in [1.807, 2.05) is 30.3 Å². The number of nitro benzene ring substituents is 1. The number of fused-ring (bicyclic) bond motifs is 1. The first kappa shape index (κ1) is 16.5. The molecule has 1 fully saturated rings. The molecule has 0 aliphatic carbocycles. The highest BCUT2D eigenvalue weighted by molar-refractivity contribution is 7.22. The fourth-order valence-corrected chi connectivity index (χ4v) is 3.90. The van der Waals surface area contributed by atoms with E-state index in [0.29, 0.717) is 5.13 Å². The highest BCUT2D eigenvalue weighted by Gasteiger charge is 2.17. The quantitative estimate of drug-likeness (QED) is 0.414. The van der Waals surface area contributed by atoms with Crippen LogP contribution in [0.3, 0.4) is 0 Å². The van der Waals surface area contributed by atoms with Crippen molar-refractivity contribution in [2.45, 2.75) is 12.8 Å². The Balaban J connectivity index is 1.59. The fourth-order valence-electron chi connectivity index (χ4n) is 3.08. The zero-order chi connectivity index (χ0) is 17.9. The third-order valence-corrected chi connectivity index (χ3v) is 5.27. The van der Waals surface area contributed by atoms with E-state index in [1.165, 1.54) is 11.3 Å². The molecule has 1 aliphatic rings. The van der Waals surface area contributed by atoms with Gasteiger partial charge in [-0.05, 0) is 31.0 Å². The molecule has 0 bridgehead atoms. The van der Waals surface area contributed by atoms with Gasteiger partial charge in [-0.3, -0.25) is 15.5 Å². The molecule has 0 saturated carbocycles. The van der Waals surface area contributed by atoms with Gasteiger partial charge in [-0.15, -0.1) is 0 Å². The summed E-state index contributed by atoms with van der Waals surface area (Å²) in [5.74, 6) is 0. The van der Waals surface area contributed by atoms with Crippen LogP contribution in [0, 0.1) is 10.1 Å². The smallest absolute Gasteiger partial charge is 0.270 e. The van der Waals surface area contributed by atoms with Crippen molar-refractivity contribution in [3.63, 3.8) is 0 Å². The van der Waals surface area contributed by atoms with Crippen molar-refractivity contribution in [3.8, 4) is 0 Å². The van der Waals surface area contributed by atoms with Gasteiger partial charge in [0.15, 0.2) is 0 Å². The van der Waals surface area contributed by atoms with Crippen molar-refractivity contribution in [1.29, 1.82) is 0 Å². The number of para-hydroxylation sites is 1. The number of nitrogens with zero attached hydrogens (tertiary/aromatic N) is 4. The van der Waals surface area contributed by atoms with Crippen molar-refractivity contribution in [2.24, 2.45) is 5.10 Å². The average molecular weight is 367 g/mol. The van der Waals surface area contributed by atoms with Gasteiger partial charge in [0.05, 0.1) is 21.4 Å². The van der Waals surface area contributed by atoms with Gasteiger partial charge < -0.3 is 4.90 Å². The molecule has 1 saturated heterocycles. The Labute approximate surface area is 154 Å². The molecule has 8 heteroatoms. The summed E-state index contributed by atoms with van der Waals surface area (Å²) >= 11 is 1.52. The van der Waals surface area contributed by atoms with Crippen LogP contribution in [0.5, 0.6) is 0 Å². The fraction of sp³-hybridized carbons (Fsp3) is 0.222. The van der Waals surface area contributed by atoms with Crippen molar-refractivity contribution < 1.29 is 4.92 Å². The maximum absolute atomic E-state index is 11.1. The van der Waals surface area contributed by atoms with E-state index in [-0.39, 0.29) is 10.6 Å². The Bertz CT molecular complexity index is 946. The van der Waals surface area contributed by atoms with Crippen molar-refractivity contribution >= 4 is 44.3 Å². The maximum atomic E-state index is 11.1. The molecule has 2 heterocycles. The molecule has 3 aromatic rings. The van der Waals surface area contributed by atoms with Crippen molar-refractivity contribution in [1.82, 2.24) is 4.98 Å². The number of non-ortho nitro benzene ring substituents is 1. The molecule has 0 unspecified atom stereocenters. The first-order valence-corrected chi connectivity index (χ1v) is 9.20. The predicted molar refractivity (Wildman–Crippen MR) is 105 cm³/mol. The molecule has 1 aliphatic heterocycles. The molecule has 0 amide bonds. The summed E-state index contributed by atoms with van der Waals surface area (Å²) in [6, 6.07) is 12.8. The Morgan fingerprint density at radius 1 is 1.23 bits per heavy atom. The minimum absolute atomic E-state index is 0.0642. The Morgan fingerprint density at radius 3 is 2.81 bits per heavy atom. The van der Waals surface area contributed by atoms with E-state index in [2.05, 4.69) is 20.4 Å². The van der Waals surface area contributed by atoms with Crippen LogP contribution in [0.1, 0.15) is 18.4 Å². The van der Waals surface area contributed by atoms with E-state index in [0.717, 1.165) is 47.4 Å². The van der Waals surface area contributed by atoms with Crippen LogP contribution >= 0.6 is 11.3 Å². The van der Waals surface area contributed by atoms with Crippen LogP contribution in [-0.2, 0) is 0 Å². The number of rotatable bonds is 5. The number of aromatic nitrogens is 1. The second kappa shape index (κ2) is 7.09. The lowest BCUT2D eigenvalue weighted by Crippen LogP contribution is -2.19. The molecule has 0 atom stereocenters. The number of hydrogen-bond donors (Lipinski definition) is 1. The van der Waals surface area contributed by atoms with E-state index in [9.17, 15) is 10.1 Å². The van der Waals surface area contributed by atoms with E-state index >= 15 is 0 Å². The normalized spacial score (nSPS) is 14.4. The summed E-state index contributed by atoms with van der Waals surface area (Å²) in [6.07, 6.45) is 3.90. The number of nitro groups is 1. The number of nitrogens with one attached hydrogen (secondary N) is 1. The standard InChI is InChI=1S/C18H17N5O2S/c24-23(25)14-7-8-16(22-9-3-4-10-22)13(11-14)12-19-21-18-20-15-5-1-2-6-17(15)26-18/h1-2,5-8,11-12H,3-4,9-10H2,(H,20,21)/b19-12+. The third kappa shape index (κ3) is 3.36. The van der Waals surface area contributed by atoms with Gasteiger partial charge in [0, 0.05) is 36.5 Å². The molecule has 26 heavy (non-hydrogen) atoms. The third-order valence-electron chi connectivity index (χ3n) is 4.33. The van der Waals surface area contributed by atoms with Gasteiger partial charge in [0.25, 0.3) is 5.69 Å². The number of hydrogen-bond acceptors (Lipinski definition) is 7. The molecular formula is C18H17N5O2S. The van der Waals surface area contributed by atoms with Gasteiger partial charge >= 0.3 is 0 Å². The summed E-state index contributed by atoms with van der Waals surface area (Å²) in [7, 11) is 0. The Kier molecular flexibility index (Phi) is 4.49. The van der Waals surface area contributed by atoms with Gasteiger partial charge in [0.2, 0.25) is 5.13 Å². The first-order valence-electron chi connectivity index (χ1n) is 8.39. The van der Waals surface area contributed by atoms with E-state index in [1.54, 1.807) is 18.3 Å². The monoisotopic (exact) mass is 367 g/mol. The van der Waals surface area contributed by atoms with Gasteiger partial charge in [-0.1, -0.05) is 23.5 Å². The second-order valence-electron chi connectivity index (χ2n) is 6.05. The highest BCUT2D eigenvalue weighted by atomic mass is 32.1. The highest BCUT2D eigenvalue weighted by Crippen LogP contribution is 2.28. The molecule has 2 aromatic carbocycles. The molecule has 0 radical (unpaired) electrons. The van der Waals surface area contributed by atoms with Crippen LogP contribution in [0.4, 0.5) is 16.5 Å². The molecule has 0 spiro atoms. The second-order valence-corrected chi connectivity index (χ2v) is 7.08. The van der Waals surface area contributed by atoms with Crippen molar-refractivity contribution in [3.05, 3.63) is 58.1 Å². The molecule has 4 rings (SSSR count). The molecule has 132 valence electrons. The number of hydrazone groups is 1. The molecule has 1 N–H and O–H groups in total. The minimum atomic E-state index is -0.383. The van der Waals surface area contributed by atoms with Crippen molar-refractivity contribution in [2.75, 3.05) is 23.4 Å². The van der Waals surface area contributed by atoms with Crippen LogP contribution in [0.2, 0.25) is 0 Å². The lowest BCUT2D eigenvalue weighted by molar-refractivity contribution is -0.384. The summed E-state index contributed by atoms with van der Waals surface area (Å²) in [5.41, 5.74) is 5.63. The average Bonchev–Trinajstić information content (AvgIpc) is 3.31. The zero-order valence-corrected chi connectivity index (χ0v) is 14.8. The first-order chi connectivity index (χ1) is 12.7. The lowest BCUT2D eigenvalue weighted by atomic mass is 10.1. The number of thiazole rings is 1. The van der Waals surface area contributed by atoms with Crippen LogP contribution in [-0.4, -0.2) is 29.2 Å². The number of anilines is 2. The largest absolute Gasteiger partial charge is 0.371 e. The summed E-state index contributed by atoms with van der Waals surface area (Å²) < 4.78 is 1.08. The summed E-state index contributed by atoms with van der Waals surface area (Å²) in [6.45, 7) is 1.92. The number of benzene rings is 2. The lowest BCUT2D eigenvalue weighted by Gasteiger charge is -2.19. The summed E-state index contributed by atoms with van der Waals surface area (Å²) in [4.78, 5) is 17.4. The van der Waals surface area contributed by atoms with Gasteiger partial charge in [-0.25, -0.2) is 4.98 Å². The summed E-state index contributed by atoms with van der Waals surface area (Å²) in [5, 5.41) is 16.1.